The van der Waals surface area contributed by atoms with Gasteiger partial charge in [-0.25, -0.2) is 0 Å². The van der Waals surface area contributed by atoms with E-state index in [4.69, 9.17) is 4.74 Å². The van der Waals surface area contributed by atoms with Crippen molar-refractivity contribution in [1.82, 2.24) is 4.90 Å². The molecular formula is C20H17N3O5. The molecule has 2 heterocycles. The number of rotatable bonds is 4. The molecular weight excluding hydrogens is 362 g/mol. The van der Waals surface area contributed by atoms with Crippen molar-refractivity contribution in [2.45, 2.75) is 6.92 Å². The highest BCUT2D eigenvalue weighted by atomic mass is 16.5. The van der Waals surface area contributed by atoms with Crippen LogP contribution in [0.1, 0.15) is 27.6 Å². The lowest BCUT2D eigenvalue weighted by atomic mass is 10.1. The fraction of sp³-hybridized carbons (Fsp3) is 0.200. The molecule has 0 fully saturated rings. The van der Waals surface area contributed by atoms with Crippen molar-refractivity contribution >= 4 is 35.0 Å². The zero-order chi connectivity index (χ0) is 19.8. The summed E-state index contributed by atoms with van der Waals surface area (Å²) >= 11 is 0. The molecule has 0 spiro atoms. The van der Waals surface area contributed by atoms with Gasteiger partial charge in [0.05, 0.1) is 16.8 Å². The number of nitrogens with one attached hydrogen (secondary N) is 1. The fourth-order valence-electron chi connectivity index (χ4n) is 3.36. The zero-order valence-electron chi connectivity index (χ0n) is 15.1. The molecule has 0 saturated carbocycles. The summed E-state index contributed by atoms with van der Waals surface area (Å²) in [6, 6.07) is 11.4. The van der Waals surface area contributed by atoms with E-state index in [1.165, 1.54) is 0 Å². The van der Waals surface area contributed by atoms with Gasteiger partial charge in [-0.15, -0.1) is 0 Å². The molecule has 2 aromatic rings. The van der Waals surface area contributed by atoms with Gasteiger partial charge < -0.3 is 15.0 Å². The van der Waals surface area contributed by atoms with Gasteiger partial charge in [-0.3, -0.25) is 24.1 Å². The third kappa shape index (κ3) is 2.88. The number of carbonyl (C=O) groups is 4. The van der Waals surface area contributed by atoms with Crippen LogP contribution in [0, 0.1) is 0 Å². The second-order valence-electron chi connectivity index (χ2n) is 6.40. The second-order valence-corrected chi connectivity index (χ2v) is 6.40. The van der Waals surface area contributed by atoms with Crippen molar-refractivity contribution in [2.24, 2.45) is 0 Å². The summed E-state index contributed by atoms with van der Waals surface area (Å²) in [6.45, 7) is 1.93. The van der Waals surface area contributed by atoms with Gasteiger partial charge in [0, 0.05) is 18.3 Å². The van der Waals surface area contributed by atoms with E-state index >= 15 is 0 Å². The normalized spacial score (nSPS) is 15.2. The molecule has 2 aliphatic rings. The van der Waals surface area contributed by atoms with Crippen LogP contribution in [0.5, 0.6) is 5.75 Å². The number of hydrogen-bond donors (Lipinski definition) is 1. The highest BCUT2D eigenvalue weighted by Gasteiger charge is 2.36. The van der Waals surface area contributed by atoms with E-state index in [-0.39, 0.29) is 19.1 Å². The molecule has 28 heavy (non-hydrogen) atoms. The topological polar surface area (TPSA) is 96.0 Å². The van der Waals surface area contributed by atoms with Gasteiger partial charge >= 0.3 is 0 Å². The minimum Gasteiger partial charge on any atom is -0.481 e. The first-order valence-corrected chi connectivity index (χ1v) is 8.82. The molecule has 0 aliphatic carbocycles. The fourth-order valence-corrected chi connectivity index (χ4v) is 3.36. The van der Waals surface area contributed by atoms with Gasteiger partial charge in [0.1, 0.15) is 12.3 Å². The van der Waals surface area contributed by atoms with Gasteiger partial charge in [-0.05, 0) is 31.2 Å². The minimum absolute atomic E-state index is 0.0622. The van der Waals surface area contributed by atoms with Crippen LogP contribution in [0.2, 0.25) is 0 Å². The van der Waals surface area contributed by atoms with Crippen LogP contribution in [0.15, 0.2) is 42.5 Å². The molecule has 8 nitrogen and oxygen atoms in total. The Labute approximate surface area is 160 Å². The molecule has 142 valence electrons. The summed E-state index contributed by atoms with van der Waals surface area (Å²) < 4.78 is 5.44. The number of nitrogens with zero attached hydrogens (tertiary/aromatic N) is 2. The second kappa shape index (κ2) is 6.80. The van der Waals surface area contributed by atoms with E-state index in [0.29, 0.717) is 34.8 Å². The zero-order valence-corrected chi connectivity index (χ0v) is 15.1. The van der Waals surface area contributed by atoms with Crippen LogP contribution in [-0.4, -0.2) is 48.2 Å². The van der Waals surface area contributed by atoms with Crippen molar-refractivity contribution in [1.29, 1.82) is 0 Å². The van der Waals surface area contributed by atoms with Crippen LogP contribution in [-0.2, 0) is 9.59 Å². The average molecular weight is 379 g/mol. The Bertz CT molecular complexity index is 982. The van der Waals surface area contributed by atoms with Crippen molar-refractivity contribution in [3.8, 4) is 5.75 Å². The maximum absolute atomic E-state index is 12.4. The van der Waals surface area contributed by atoms with Crippen LogP contribution in [0.25, 0.3) is 0 Å². The van der Waals surface area contributed by atoms with E-state index in [2.05, 4.69) is 5.32 Å². The first kappa shape index (κ1) is 17.7. The molecule has 4 amide bonds. The highest BCUT2D eigenvalue weighted by molar-refractivity contribution is 6.22. The van der Waals surface area contributed by atoms with Crippen LogP contribution in [0.3, 0.4) is 0 Å². The maximum atomic E-state index is 12.4. The number of anilines is 2. The van der Waals surface area contributed by atoms with Crippen molar-refractivity contribution in [3.05, 3.63) is 53.6 Å². The monoisotopic (exact) mass is 379 g/mol. The third-order valence-electron chi connectivity index (χ3n) is 4.68. The number of hydrogen-bond acceptors (Lipinski definition) is 5. The number of amides is 4. The van der Waals surface area contributed by atoms with Crippen molar-refractivity contribution in [2.75, 3.05) is 29.9 Å². The number of ether oxygens (including phenoxy) is 1. The van der Waals surface area contributed by atoms with Crippen molar-refractivity contribution in [3.63, 3.8) is 0 Å². The number of fused-ring (bicyclic) bond motifs is 2. The van der Waals surface area contributed by atoms with Gasteiger partial charge in [-0.1, -0.05) is 12.1 Å². The van der Waals surface area contributed by atoms with E-state index in [0.717, 1.165) is 4.90 Å². The number of imide groups is 1. The Morgan fingerprint density at radius 3 is 2.36 bits per heavy atom. The van der Waals surface area contributed by atoms with E-state index < -0.39 is 17.7 Å². The smallest absolute Gasteiger partial charge is 0.265 e. The SMILES string of the molecule is CCN1C(=O)COc2cc(NC(=O)CN3C(=O)c4ccccc4C3=O)ccc21. The first-order valence-electron chi connectivity index (χ1n) is 8.82. The Hall–Kier alpha value is -3.68. The van der Waals surface area contributed by atoms with Crippen LogP contribution < -0.4 is 15.0 Å². The summed E-state index contributed by atoms with van der Waals surface area (Å²) in [4.78, 5) is 51.5. The number of likely N-dealkylation sites (N-methyl/N-ethyl adjacent to an activating group) is 1. The summed E-state index contributed by atoms with van der Waals surface area (Å²) in [5.41, 5.74) is 1.68. The molecule has 4 rings (SSSR count). The molecule has 0 atom stereocenters. The molecule has 2 aliphatic heterocycles. The average Bonchev–Trinajstić information content (AvgIpc) is 2.93. The molecule has 2 aromatic carbocycles. The third-order valence-corrected chi connectivity index (χ3v) is 4.68. The van der Waals surface area contributed by atoms with Crippen molar-refractivity contribution < 1.29 is 23.9 Å². The highest BCUT2D eigenvalue weighted by Crippen LogP contribution is 2.34. The first-order chi connectivity index (χ1) is 13.5. The maximum Gasteiger partial charge on any atom is 0.265 e. The molecule has 0 saturated heterocycles. The lowest BCUT2D eigenvalue weighted by molar-refractivity contribution is -0.121. The minimum atomic E-state index is -0.506. The Morgan fingerprint density at radius 1 is 1.04 bits per heavy atom. The molecule has 0 unspecified atom stereocenters. The van der Waals surface area contributed by atoms with E-state index in [1.807, 2.05) is 6.92 Å². The summed E-state index contributed by atoms with van der Waals surface area (Å²) in [7, 11) is 0. The van der Waals surface area contributed by atoms with Gasteiger partial charge in [-0.2, -0.15) is 0 Å². The summed E-state index contributed by atoms with van der Waals surface area (Å²) in [5.74, 6) is -1.12. The molecule has 0 aromatic heterocycles. The van der Waals surface area contributed by atoms with Gasteiger partial charge in [0.25, 0.3) is 17.7 Å². The Balaban J connectivity index is 1.47. The van der Waals surface area contributed by atoms with Crippen LogP contribution in [0.4, 0.5) is 11.4 Å². The molecule has 0 radical (unpaired) electrons. The lowest BCUT2D eigenvalue weighted by Gasteiger charge is -2.28. The Kier molecular flexibility index (Phi) is 4.31. The molecule has 8 heteroatoms. The predicted molar refractivity (Wildman–Crippen MR) is 100 cm³/mol. The number of benzene rings is 2. The van der Waals surface area contributed by atoms with E-state index in [9.17, 15) is 19.2 Å². The quantitative estimate of drug-likeness (QED) is 0.815. The largest absolute Gasteiger partial charge is 0.481 e. The van der Waals surface area contributed by atoms with Gasteiger partial charge in [0.2, 0.25) is 5.91 Å². The summed E-state index contributed by atoms with van der Waals surface area (Å²) in [5, 5.41) is 2.66. The standard InChI is InChI=1S/C20H17N3O5/c1-2-22-15-8-7-12(9-16(15)28-11-18(22)25)21-17(24)10-23-19(26)13-5-3-4-6-14(13)20(23)27/h3-9H,2,10-11H2,1H3,(H,21,24). The van der Waals surface area contributed by atoms with Crippen LogP contribution >= 0.6 is 0 Å². The Morgan fingerprint density at radius 2 is 1.71 bits per heavy atom. The molecule has 1 N–H and O–H groups in total. The predicted octanol–water partition coefficient (Wildman–Crippen LogP) is 1.67. The summed E-state index contributed by atoms with van der Waals surface area (Å²) in [6.07, 6.45) is 0. The number of carbonyl (C=O) groups excluding carboxylic acids is 4. The lowest BCUT2D eigenvalue weighted by Crippen LogP contribution is -2.38. The van der Waals surface area contributed by atoms with Gasteiger partial charge in [0.15, 0.2) is 6.61 Å². The molecule has 0 bridgehead atoms. The van der Waals surface area contributed by atoms with E-state index in [1.54, 1.807) is 47.4 Å².